The molecular formula is C14H23N. The molecule has 1 heteroatoms. The fourth-order valence-electron chi connectivity index (χ4n) is 2.56. The quantitative estimate of drug-likeness (QED) is 0.535. The highest BCUT2D eigenvalue weighted by molar-refractivity contribution is 5.07. The SMILES string of the molecule is C1=CCC(CNCCC2=CCCC2)CC1. The minimum Gasteiger partial charge on any atom is -0.316 e. The van der Waals surface area contributed by atoms with Crippen LogP contribution in [0.4, 0.5) is 0 Å². The fraction of sp³-hybridized carbons (Fsp3) is 0.714. The molecule has 0 aliphatic heterocycles. The lowest BCUT2D eigenvalue weighted by molar-refractivity contribution is 0.442. The standard InChI is InChI=1S/C14H23N/c1-2-8-14(9-3-1)12-15-11-10-13-6-4-5-7-13/h1-2,6,14-15H,3-5,7-12H2. The molecule has 1 unspecified atom stereocenters. The smallest absolute Gasteiger partial charge is 0.00115 e. The highest BCUT2D eigenvalue weighted by atomic mass is 14.9. The first-order chi connectivity index (χ1) is 7.45. The maximum atomic E-state index is 3.61. The Bertz CT molecular complexity index is 240. The second-order valence-electron chi connectivity index (χ2n) is 4.86. The predicted molar refractivity (Wildman–Crippen MR) is 65.9 cm³/mol. The summed E-state index contributed by atoms with van der Waals surface area (Å²) in [6.07, 6.45) is 16.4. The monoisotopic (exact) mass is 205 g/mol. The molecule has 1 nitrogen and oxygen atoms in total. The summed E-state index contributed by atoms with van der Waals surface area (Å²) < 4.78 is 0. The first kappa shape index (κ1) is 10.9. The van der Waals surface area contributed by atoms with Crippen molar-refractivity contribution in [1.82, 2.24) is 5.32 Å². The van der Waals surface area contributed by atoms with Crippen LogP contribution in [0.25, 0.3) is 0 Å². The zero-order chi connectivity index (χ0) is 10.3. The molecule has 0 aromatic rings. The lowest BCUT2D eigenvalue weighted by atomic mass is 9.94. The second kappa shape index (κ2) is 6.12. The van der Waals surface area contributed by atoms with E-state index in [1.165, 1.54) is 58.0 Å². The summed E-state index contributed by atoms with van der Waals surface area (Å²) in [5.41, 5.74) is 1.69. The summed E-state index contributed by atoms with van der Waals surface area (Å²) in [5, 5.41) is 3.61. The summed E-state index contributed by atoms with van der Waals surface area (Å²) in [6, 6.07) is 0. The maximum absolute atomic E-state index is 3.61. The predicted octanol–water partition coefficient (Wildman–Crippen LogP) is 3.43. The summed E-state index contributed by atoms with van der Waals surface area (Å²) in [5.74, 6) is 0.896. The van der Waals surface area contributed by atoms with Crippen LogP contribution in [0.15, 0.2) is 23.8 Å². The number of rotatable bonds is 5. The first-order valence-corrected chi connectivity index (χ1v) is 6.49. The lowest BCUT2D eigenvalue weighted by Crippen LogP contribution is -2.24. The molecule has 1 N–H and O–H groups in total. The van der Waals surface area contributed by atoms with Gasteiger partial charge in [-0.3, -0.25) is 0 Å². The molecule has 0 saturated heterocycles. The summed E-state index contributed by atoms with van der Waals surface area (Å²) in [4.78, 5) is 0. The van der Waals surface area contributed by atoms with Gasteiger partial charge in [0.1, 0.15) is 0 Å². The minimum atomic E-state index is 0.896. The highest BCUT2D eigenvalue weighted by Crippen LogP contribution is 2.20. The Kier molecular flexibility index (Phi) is 4.46. The summed E-state index contributed by atoms with van der Waals surface area (Å²) in [7, 11) is 0. The van der Waals surface area contributed by atoms with Gasteiger partial charge < -0.3 is 5.32 Å². The molecule has 1 atom stereocenters. The highest BCUT2D eigenvalue weighted by Gasteiger charge is 2.09. The number of allylic oxidation sites excluding steroid dienone is 3. The van der Waals surface area contributed by atoms with Crippen LogP contribution < -0.4 is 5.32 Å². The van der Waals surface area contributed by atoms with Gasteiger partial charge in [-0.05, 0) is 64.0 Å². The van der Waals surface area contributed by atoms with E-state index in [4.69, 9.17) is 0 Å². The largest absolute Gasteiger partial charge is 0.316 e. The van der Waals surface area contributed by atoms with Gasteiger partial charge in [0.25, 0.3) is 0 Å². The molecule has 0 heterocycles. The van der Waals surface area contributed by atoms with E-state index in [2.05, 4.69) is 23.5 Å². The Morgan fingerprint density at radius 2 is 2.27 bits per heavy atom. The van der Waals surface area contributed by atoms with Gasteiger partial charge in [0.2, 0.25) is 0 Å². The van der Waals surface area contributed by atoms with Crippen molar-refractivity contribution >= 4 is 0 Å². The first-order valence-electron chi connectivity index (χ1n) is 6.49. The lowest BCUT2D eigenvalue weighted by Gasteiger charge is -2.18. The normalized spacial score (nSPS) is 25.6. The Morgan fingerprint density at radius 1 is 1.27 bits per heavy atom. The van der Waals surface area contributed by atoms with Crippen molar-refractivity contribution in [1.29, 1.82) is 0 Å². The average Bonchev–Trinajstić information content (AvgIpc) is 2.79. The molecule has 0 radical (unpaired) electrons. The second-order valence-corrected chi connectivity index (χ2v) is 4.86. The molecular weight excluding hydrogens is 182 g/mol. The van der Waals surface area contributed by atoms with E-state index in [1.807, 2.05) is 0 Å². The van der Waals surface area contributed by atoms with Crippen molar-refractivity contribution in [3.05, 3.63) is 23.8 Å². The third kappa shape index (κ3) is 3.83. The van der Waals surface area contributed by atoms with E-state index < -0.39 is 0 Å². The van der Waals surface area contributed by atoms with E-state index in [-0.39, 0.29) is 0 Å². The molecule has 0 aromatic carbocycles. The van der Waals surface area contributed by atoms with Crippen LogP contribution in [0, 0.1) is 5.92 Å². The molecule has 2 aliphatic carbocycles. The Hall–Kier alpha value is -0.560. The van der Waals surface area contributed by atoms with Gasteiger partial charge in [-0.25, -0.2) is 0 Å². The minimum absolute atomic E-state index is 0.896. The van der Waals surface area contributed by atoms with E-state index in [9.17, 15) is 0 Å². The molecule has 2 rings (SSSR count). The third-order valence-corrected chi connectivity index (χ3v) is 3.57. The topological polar surface area (TPSA) is 12.0 Å². The number of hydrogen-bond acceptors (Lipinski definition) is 1. The van der Waals surface area contributed by atoms with E-state index in [1.54, 1.807) is 5.57 Å². The van der Waals surface area contributed by atoms with Crippen LogP contribution in [-0.4, -0.2) is 13.1 Å². The third-order valence-electron chi connectivity index (χ3n) is 3.57. The molecule has 84 valence electrons. The van der Waals surface area contributed by atoms with Crippen molar-refractivity contribution in [3.8, 4) is 0 Å². The molecule has 0 spiro atoms. The van der Waals surface area contributed by atoms with Gasteiger partial charge in [0, 0.05) is 0 Å². The maximum Gasteiger partial charge on any atom is -0.00115 e. The van der Waals surface area contributed by atoms with Crippen LogP contribution in [0.3, 0.4) is 0 Å². The molecule has 0 saturated carbocycles. The van der Waals surface area contributed by atoms with Crippen molar-refractivity contribution in [2.75, 3.05) is 13.1 Å². The van der Waals surface area contributed by atoms with Crippen molar-refractivity contribution in [3.63, 3.8) is 0 Å². The Labute approximate surface area is 93.6 Å². The van der Waals surface area contributed by atoms with Gasteiger partial charge in [0.05, 0.1) is 0 Å². The van der Waals surface area contributed by atoms with Crippen molar-refractivity contribution in [2.24, 2.45) is 5.92 Å². The van der Waals surface area contributed by atoms with Gasteiger partial charge >= 0.3 is 0 Å². The van der Waals surface area contributed by atoms with Crippen LogP contribution >= 0.6 is 0 Å². The molecule has 15 heavy (non-hydrogen) atoms. The zero-order valence-corrected chi connectivity index (χ0v) is 9.67. The summed E-state index contributed by atoms with van der Waals surface area (Å²) >= 11 is 0. The van der Waals surface area contributed by atoms with Crippen LogP contribution in [0.1, 0.15) is 44.9 Å². The van der Waals surface area contributed by atoms with E-state index >= 15 is 0 Å². The van der Waals surface area contributed by atoms with Gasteiger partial charge in [-0.2, -0.15) is 0 Å². The Balaban J connectivity index is 1.52. The molecule has 2 aliphatic rings. The fourth-order valence-corrected chi connectivity index (χ4v) is 2.56. The average molecular weight is 205 g/mol. The van der Waals surface area contributed by atoms with Crippen molar-refractivity contribution in [2.45, 2.75) is 44.9 Å². The molecule has 0 fully saturated rings. The van der Waals surface area contributed by atoms with Gasteiger partial charge in [-0.15, -0.1) is 0 Å². The number of nitrogens with one attached hydrogen (secondary N) is 1. The van der Waals surface area contributed by atoms with Crippen LogP contribution in [-0.2, 0) is 0 Å². The van der Waals surface area contributed by atoms with Crippen molar-refractivity contribution < 1.29 is 0 Å². The van der Waals surface area contributed by atoms with Gasteiger partial charge in [-0.1, -0.05) is 23.8 Å². The zero-order valence-electron chi connectivity index (χ0n) is 9.67. The van der Waals surface area contributed by atoms with Crippen LogP contribution in [0.5, 0.6) is 0 Å². The van der Waals surface area contributed by atoms with Gasteiger partial charge in [0.15, 0.2) is 0 Å². The molecule has 0 bridgehead atoms. The summed E-state index contributed by atoms with van der Waals surface area (Å²) in [6.45, 7) is 2.41. The van der Waals surface area contributed by atoms with E-state index in [0.717, 1.165) is 5.92 Å². The molecule has 0 amide bonds. The van der Waals surface area contributed by atoms with E-state index in [0.29, 0.717) is 0 Å². The Morgan fingerprint density at radius 3 is 3.00 bits per heavy atom. The number of hydrogen-bond donors (Lipinski definition) is 1. The van der Waals surface area contributed by atoms with Crippen LogP contribution in [0.2, 0.25) is 0 Å². The molecule has 0 aromatic heterocycles.